The highest BCUT2D eigenvalue weighted by atomic mass is 16.1. The molecule has 82 valence electrons. The van der Waals surface area contributed by atoms with Crippen LogP contribution in [0.3, 0.4) is 0 Å². The van der Waals surface area contributed by atoms with Gasteiger partial charge in [0.05, 0.1) is 11.6 Å². The average Bonchev–Trinajstić information content (AvgIpc) is 2.25. The molecule has 0 radical (unpaired) electrons. The average molecular weight is 214 g/mol. The minimum absolute atomic E-state index is 0.0602. The maximum atomic E-state index is 10.6. The lowest BCUT2D eigenvalue weighted by Gasteiger charge is -2.02. The first-order chi connectivity index (χ1) is 7.65. The van der Waals surface area contributed by atoms with Crippen LogP contribution in [0.5, 0.6) is 0 Å². The Kier molecular flexibility index (Phi) is 4.28. The maximum absolute atomic E-state index is 10.6. The molecule has 0 bridgehead atoms. The van der Waals surface area contributed by atoms with Gasteiger partial charge in [-0.05, 0) is 24.1 Å². The first kappa shape index (κ1) is 12.0. The summed E-state index contributed by atoms with van der Waals surface area (Å²) >= 11 is 0. The third-order valence-corrected chi connectivity index (χ3v) is 2.20. The predicted molar refractivity (Wildman–Crippen MR) is 63.6 cm³/mol. The minimum atomic E-state index is -0.0602. The van der Waals surface area contributed by atoms with E-state index in [9.17, 15) is 4.79 Å². The molecule has 0 atom stereocenters. The van der Waals surface area contributed by atoms with Gasteiger partial charge in [0.25, 0.3) is 0 Å². The first-order valence-electron chi connectivity index (χ1n) is 5.06. The smallest absolute Gasteiger partial charge is 0.217 e. The molecule has 1 N–H and O–H groups in total. The molecule has 1 amide bonds. The van der Waals surface area contributed by atoms with Gasteiger partial charge in [0.1, 0.15) is 0 Å². The van der Waals surface area contributed by atoms with E-state index in [1.165, 1.54) is 6.92 Å². The second-order valence-corrected chi connectivity index (χ2v) is 3.49. The van der Waals surface area contributed by atoms with Gasteiger partial charge in [-0.3, -0.25) is 4.79 Å². The molecule has 0 saturated carbocycles. The van der Waals surface area contributed by atoms with Gasteiger partial charge >= 0.3 is 0 Å². The summed E-state index contributed by atoms with van der Waals surface area (Å²) in [6.07, 6.45) is 3.70. The number of carbonyl (C=O) groups excluding carboxylic acids is 1. The van der Waals surface area contributed by atoms with Crippen molar-refractivity contribution in [3.63, 3.8) is 0 Å². The van der Waals surface area contributed by atoms with Crippen molar-refractivity contribution in [2.24, 2.45) is 0 Å². The molecule has 0 aromatic heterocycles. The molecule has 3 nitrogen and oxygen atoms in total. The molecular formula is C13H14N2O. The Morgan fingerprint density at radius 1 is 1.56 bits per heavy atom. The van der Waals surface area contributed by atoms with Crippen molar-refractivity contribution in [3.05, 3.63) is 41.0 Å². The van der Waals surface area contributed by atoms with Gasteiger partial charge in [-0.1, -0.05) is 24.3 Å². The molecule has 0 saturated heterocycles. The minimum Gasteiger partial charge on any atom is -0.353 e. The van der Waals surface area contributed by atoms with Crippen LogP contribution in [0.4, 0.5) is 0 Å². The standard InChI is InChI=1S/C13H14N2O/c1-10-5-3-6-12(9-14)13(10)7-4-8-15-11(2)16/h3-7H,8H2,1-2H3,(H,15,16). The molecule has 3 heteroatoms. The largest absolute Gasteiger partial charge is 0.353 e. The summed E-state index contributed by atoms with van der Waals surface area (Å²) < 4.78 is 0. The van der Waals surface area contributed by atoms with Gasteiger partial charge in [0.2, 0.25) is 5.91 Å². The van der Waals surface area contributed by atoms with Gasteiger partial charge in [-0.15, -0.1) is 0 Å². The van der Waals surface area contributed by atoms with Crippen LogP contribution in [0.15, 0.2) is 24.3 Å². The molecule has 0 aliphatic carbocycles. The van der Waals surface area contributed by atoms with Crippen LogP contribution in [0, 0.1) is 18.3 Å². The summed E-state index contributed by atoms with van der Waals surface area (Å²) in [7, 11) is 0. The van der Waals surface area contributed by atoms with E-state index in [1.807, 2.05) is 31.2 Å². The van der Waals surface area contributed by atoms with E-state index in [1.54, 1.807) is 6.07 Å². The molecule has 1 rings (SSSR count). The fraction of sp³-hybridized carbons (Fsp3) is 0.231. The number of hydrogen-bond acceptors (Lipinski definition) is 2. The lowest BCUT2D eigenvalue weighted by atomic mass is 10.0. The SMILES string of the molecule is CC(=O)NCC=Cc1c(C)cccc1C#N. The Bertz CT molecular complexity index is 455. The molecule has 0 spiro atoms. The number of hydrogen-bond donors (Lipinski definition) is 1. The Balaban J connectivity index is 2.80. The fourth-order valence-electron chi connectivity index (χ4n) is 1.38. The van der Waals surface area contributed by atoms with Crippen molar-refractivity contribution in [1.29, 1.82) is 5.26 Å². The van der Waals surface area contributed by atoms with E-state index in [0.717, 1.165) is 11.1 Å². The van der Waals surface area contributed by atoms with Crippen molar-refractivity contribution in [2.75, 3.05) is 6.54 Å². The van der Waals surface area contributed by atoms with Gasteiger partial charge < -0.3 is 5.32 Å². The van der Waals surface area contributed by atoms with E-state index in [0.29, 0.717) is 12.1 Å². The molecule has 0 heterocycles. The topological polar surface area (TPSA) is 52.9 Å². The van der Waals surface area contributed by atoms with E-state index in [-0.39, 0.29) is 5.91 Å². The molecule has 1 aromatic carbocycles. The monoisotopic (exact) mass is 214 g/mol. The fourth-order valence-corrected chi connectivity index (χ4v) is 1.38. The summed E-state index contributed by atoms with van der Waals surface area (Å²) in [5.74, 6) is -0.0602. The number of rotatable bonds is 3. The molecule has 16 heavy (non-hydrogen) atoms. The number of nitriles is 1. The number of nitrogens with zero attached hydrogens (tertiary/aromatic N) is 1. The second-order valence-electron chi connectivity index (χ2n) is 3.49. The Labute approximate surface area is 95.4 Å². The Morgan fingerprint density at radius 2 is 2.31 bits per heavy atom. The molecule has 0 aliphatic rings. The van der Waals surface area contributed by atoms with E-state index in [2.05, 4.69) is 11.4 Å². The van der Waals surface area contributed by atoms with Gasteiger partial charge in [-0.2, -0.15) is 5.26 Å². The molecule has 0 fully saturated rings. The zero-order valence-corrected chi connectivity index (χ0v) is 9.45. The lowest BCUT2D eigenvalue weighted by Crippen LogP contribution is -2.19. The van der Waals surface area contributed by atoms with Crippen molar-refractivity contribution < 1.29 is 4.79 Å². The van der Waals surface area contributed by atoms with Crippen LogP contribution in [0.25, 0.3) is 6.08 Å². The van der Waals surface area contributed by atoms with Crippen molar-refractivity contribution in [3.8, 4) is 6.07 Å². The summed E-state index contributed by atoms with van der Waals surface area (Å²) in [5, 5.41) is 11.6. The van der Waals surface area contributed by atoms with Crippen LogP contribution in [-0.2, 0) is 4.79 Å². The maximum Gasteiger partial charge on any atom is 0.217 e. The number of benzene rings is 1. The van der Waals surface area contributed by atoms with Gasteiger partial charge in [-0.25, -0.2) is 0 Å². The highest BCUT2D eigenvalue weighted by molar-refractivity contribution is 5.73. The number of carbonyl (C=O) groups is 1. The van der Waals surface area contributed by atoms with E-state index in [4.69, 9.17) is 5.26 Å². The summed E-state index contributed by atoms with van der Waals surface area (Å²) in [4.78, 5) is 10.6. The Hall–Kier alpha value is -2.08. The zero-order chi connectivity index (χ0) is 12.0. The summed E-state index contributed by atoms with van der Waals surface area (Å²) in [5.41, 5.74) is 2.62. The highest BCUT2D eigenvalue weighted by Gasteiger charge is 2.00. The third-order valence-electron chi connectivity index (χ3n) is 2.20. The predicted octanol–water partition coefficient (Wildman–Crippen LogP) is 2.02. The van der Waals surface area contributed by atoms with Crippen LogP contribution in [0.1, 0.15) is 23.6 Å². The van der Waals surface area contributed by atoms with Crippen LogP contribution < -0.4 is 5.32 Å². The van der Waals surface area contributed by atoms with Crippen molar-refractivity contribution >= 4 is 12.0 Å². The lowest BCUT2D eigenvalue weighted by molar-refractivity contribution is -0.118. The molecule has 1 aromatic rings. The van der Waals surface area contributed by atoms with E-state index < -0.39 is 0 Å². The summed E-state index contributed by atoms with van der Waals surface area (Å²) in [6.45, 7) is 3.91. The summed E-state index contributed by atoms with van der Waals surface area (Å²) in [6, 6.07) is 7.75. The van der Waals surface area contributed by atoms with Gasteiger partial charge in [0.15, 0.2) is 0 Å². The van der Waals surface area contributed by atoms with Crippen molar-refractivity contribution in [1.82, 2.24) is 5.32 Å². The normalized spacial score (nSPS) is 10.1. The number of aryl methyl sites for hydroxylation is 1. The van der Waals surface area contributed by atoms with Gasteiger partial charge in [0, 0.05) is 13.5 Å². The molecule has 0 unspecified atom stereocenters. The van der Waals surface area contributed by atoms with Crippen LogP contribution in [0.2, 0.25) is 0 Å². The highest BCUT2D eigenvalue weighted by Crippen LogP contribution is 2.14. The zero-order valence-electron chi connectivity index (χ0n) is 9.45. The number of amides is 1. The van der Waals surface area contributed by atoms with E-state index >= 15 is 0 Å². The van der Waals surface area contributed by atoms with Crippen LogP contribution >= 0.6 is 0 Å². The third kappa shape index (κ3) is 3.25. The van der Waals surface area contributed by atoms with Crippen LogP contribution in [-0.4, -0.2) is 12.5 Å². The van der Waals surface area contributed by atoms with Crippen molar-refractivity contribution in [2.45, 2.75) is 13.8 Å². The quantitative estimate of drug-likeness (QED) is 0.836. The first-order valence-corrected chi connectivity index (χ1v) is 5.06. The molecule has 0 aliphatic heterocycles. The second kappa shape index (κ2) is 5.72. The molecular weight excluding hydrogens is 200 g/mol. The Morgan fingerprint density at radius 3 is 2.94 bits per heavy atom. The number of nitrogens with one attached hydrogen (secondary N) is 1.